The summed E-state index contributed by atoms with van der Waals surface area (Å²) < 4.78 is 0. The molecule has 1 saturated carbocycles. The Morgan fingerprint density at radius 1 is 1.32 bits per heavy atom. The molecule has 2 rings (SSSR count). The molecule has 0 saturated heterocycles. The maximum Gasteiger partial charge on any atom is 0.193 e. The minimum absolute atomic E-state index is 0. The van der Waals surface area contributed by atoms with E-state index in [-0.39, 0.29) is 24.0 Å². The van der Waals surface area contributed by atoms with Crippen LogP contribution in [-0.2, 0) is 6.54 Å². The zero-order chi connectivity index (χ0) is 12.8. The second-order valence-corrected chi connectivity index (χ2v) is 4.98. The molecule has 0 unspecified atom stereocenters. The minimum Gasteiger partial charge on any atom is -0.357 e. The molecular weight excluding hydrogens is 349 g/mol. The molecule has 0 amide bonds. The van der Waals surface area contributed by atoms with Crippen LogP contribution in [0, 0.1) is 5.92 Å². The van der Waals surface area contributed by atoms with E-state index in [0.717, 1.165) is 31.5 Å². The molecule has 1 aromatic rings. The molecule has 0 heterocycles. The van der Waals surface area contributed by atoms with Gasteiger partial charge in [0.25, 0.3) is 0 Å². The average Bonchev–Trinajstić information content (AvgIpc) is 3.19. The van der Waals surface area contributed by atoms with Crippen molar-refractivity contribution in [3.8, 4) is 0 Å². The molecule has 1 N–H and O–H groups in total. The number of aliphatic imine (C=N–C) groups is 1. The van der Waals surface area contributed by atoms with Crippen LogP contribution < -0.4 is 5.32 Å². The van der Waals surface area contributed by atoms with Crippen LogP contribution in [0.15, 0.2) is 35.3 Å². The van der Waals surface area contributed by atoms with E-state index in [1.165, 1.54) is 18.4 Å². The molecule has 0 atom stereocenters. The molecule has 4 heteroatoms. The molecule has 1 fully saturated rings. The molecule has 0 spiro atoms. The number of guanidine groups is 1. The largest absolute Gasteiger partial charge is 0.357 e. The van der Waals surface area contributed by atoms with Crippen LogP contribution in [-0.4, -0.2) is 31.0 Å². The van der Waals surface area contributed by atoms with Crippen molar-refractivity contribution in [2.75, 3.05) is 20.1 Å². The fourth-order valence-corrected chi connectivity index (χ4v) is 1.92. The maximum atomic E-state index is 4.70. The summed E-state index contributed by atoms with van der Waals surface area (Å²) in [5, 5.41) is 3.36. The number of rotatable bonds is 5. The van der Waals surface area contributed by atoms with Crippen molar-refractivity contribution in [3.63, 3.8) is 0 Å². The standard InChI is InChI=1S/C15H23N3.HI/c1-3-16-15(17-11-13-9-10-13)18(2)12-14-7-5-4-6-8-14;/h4-8,13H,3,9-12H2,1-2H3,(H,16,17);1H. The molecule has 0 bridgehead atoms. The van der Waals surface area contributed by atoms with Crippen LogP contribution in [0.3, 0.4) is 0 Å². The lowest BCUT2D eigenvalue weighted by atomic mass is 10.2. The van der Waals surface area contributed by atoms with E-state index in [4.69, 9.17) is 4.99 Å². The highest BCUT2D eigenvalue weighted by Gasteiger charge is 2.21. The lowest BCUT2D eigenvalue weighted by Gasteiger charge is -2.22. The number of nitrogens with zero attached hydrogens (tertiary/aromatic N) is 2. The first-order valence-corrected chi connectivity index (χ1v) is 6.83. The summed E-state index contributed by atoms with van der Waals surface area (Å²) in [5.41, 5.74) is 1.32. The average molecular weight is 373 g/mol. The molecule has 1 aliphatic carbocycles. The Kier molecular flexibility index (Phi) is 7.20. The van der Waals surface area contributed by atoms with Crippen LogP contribution in [0.5, 0.6) is 0 Å². The predicted molar refractivity (Wildman–Crippen MR) is 92.0 cm³/mol. The fourth-order valence-electron chi connectivity index (χ4n) is 1.92. The van der Waals surface area contributed by atoms with Crippen molar-refractivity contribution in [2.45, 2.75) is 26.3 Å². The van der Waals surface area contributed by atoms with Crippen molar-refractivity contribution in [2.24, 2.45) is 10.9 Å². The van der Waals surface area contributed by atoms with Crippen LogP contribution in [0.2, 0.25) is 0 Å². The van der Waals surface area contributed by atoms with E-state index in [2.05, 4.69) is 54.5 Å². The van der Waals surface area contributed by atoms with Gasteiger partial charge < -0.3 is 10.2 Å². The summed E-state index contributed by atoms with van der Waals surface area (Å²) in [5.74, 6) is 1.86. The Labute approximate surface area is 133 Å². The molecule has 1 aromatic carbocycles. The summed E-state index contributed by atoms with van der Waals surface area (Å²) in [4.78, 5) is 6.90. The van der Waals surface area contributed by atoms with Crippen molar-refractivity contribution in [3.05, 3.63) is 35.9 Å². The highest BCUT2D eigenvalue weighted by molar-refractivity contribution is 14.0. The highest BCUT2D eigenvalue weighted by atomic mass is 127. The third kappa shape index (κ3) is 5.80. The van der Waals surface area contributed by atoms with Gasteiger partial charge in [-0.15, -0.1) is 24.0 Å². The van der Waals surface area contributed by atoms with Gasteiger partial charge in [-0.3, -0.25) is 4.99 Å². The summed E-state index contributed by atoms with van der Waals surface area (Å²) in [6.45, 7) is 4.91. The first-order valence-electron chi connectivity index (χ1n) is 6.83. The van der Waals surface area contributed by atoms with Gasteiger partial charge in [-0.2, -0.15) is 0 Å². The molecule has 3 nitrogen and oxygen atoms in total. The molecule has 0 aliphatic heterocycles. The minimum atomic E-state index is 0. The Bertz CT molecular complexity index is 388. The van der Waals surface area contributed by atoms with Gasteiger partial charge in [0.2, 0.25) is 0 Å². The Morgan fingerprint density at radius 2 is 2.00 bits per heavy atom. The summed E-state index contributed by atoms with van der Waals surface area (Å²) >= 11 is 0. The van der Waals surface area contributed by atoms with Crippen LogP contribution in [0.25, 0.3) is 0 Å². The lowest BCUT2D eigenvalue weighted by molar-refractivity contribution is 0.476. The summed E-state index contributed by atoms with van der Waals surface area (Å²) in [7, 11) is 2.10. The summed E-state index contributed by atoms with van der Waals surface area (Å²) in [6, 6.07) is 10.5. The van der Waals surface area contributed by atoms with Gasteiger partial charge in [0.15, 0.2) is 5.96 Å². The first-order chi connectivity index (χ1) is 8.79. The van der Waals surface area contributed by atoms with E-state index in [1.807, 2.05) is 0 Å². The van der Waals surface area contributed by atoms with Crippen LogP contribution in [0.1, 0.15) is 25.3 Å². The monoisotopic (exact) mass is 373 g/mol. The predicted octanol–water partition coefficient (Wildman–Crippen LogP) is 3.11. The fraction of sp³-hybridized carbons (Fsp3) is 0.533. The lowest BCUT2D eigenvalue weighted by Crippen LogP contribution is -2.38. The molecule has 0 aromatic heterocycles. The van der Waals surface area contributed by atoms with E-state index in [9.17, 15) is 0 Å². The first kappa shape index (κ1) is 16.3. The number of hydrogen-bond acceptors (Lipinski definition) is 1. The van der Waals surface area contributed by atoms with Crippen molar-refractivity contribution in [1.82, 2.24) is 10.2 Å². The third-order valence-electron chi connectivity index (χ3n) is 3.16. The van der Waals surface area contributed by atoms with Gasteiger partial charge in [0.05, 0.1) is 0 Å². The van der Waals surface area contributed by atoms with Crippen molar-refractivity contribution in [1.29, 1.82) is 0 Å². The second-order valence-electron chi connectivity index (χ2n) is 4.98. The SMILES string of the molecule is CCNC(=NCC1CC1)N(C)Cc1ccccc1.I. The van der Waals surface area contributed by atoms with Crippen molar-refractivity contribution >= 4 is 29.9 Å². The maximum absolute atomic E-state index is 4.70. The summed E-state index contributed by atoms with van der Waals surface area (Å²) in [6.07, 6.45) is 2.70. The zero-order valence-electron chi connectivity index (χ0n) is 11.8. The smallest absolute Gasteiger partial charge is 0.193 e. The number of benzene rings is 1. The topological polar surface area (TPSA) is 27.6 Å². The van der Waals surface area contributed by atoms with E-state index < -0.39 is 0 Å². The van der Waals surface area contributed by atoms with Crippen LogP contribution >= 0.6 is 24.0 Å². The third-order valence-corrected chi connectivity index (χ3v) is 3.16. The van der Waals surface area contributed by atoms with Crippen molar-refractivity contribution < 1.29 is 0 Å². The molecule has 1 aliphatic rings. The van der Waals surface area contributed by atoms with E-state index in [1.54, 1.807) is 0 Å². The van der Waals surface area contributed by atoms with E-state index in [0.29, 0.717) is 0 Å². The Morgan fingerprint density at radius 3 is 2.58 bits per heavy atom. The van der Waals surface area contributed by atoms with E-state index >= 15 is 0 Å². The van der Waals surface area contributed by atoms with Gasteiger partial charge >= 0.3 is 0 Å². The van der Waals surface area contributed by atoms with Gasteiger partial charge in [0, 0.05) is 26.7 Å². The molecule has 0 radical (unpaired) electrons. The molecule has 19 heavy (non-hydrogen) atoms. The molecular formula is C15H24IN3. The van der Waals surface area contributed by atoms with Crippen LogP contribution in [0.4, 0.5) is 0 Å². The molecule has 106 valence electrons. The number of halogens is 1. The zero-order valence-corrected chi connectivity index (χ0v) is 14.1. The van der Waals surface area contributed by atoms with Gasteiger partial charge in [-0.05, 0) is 31.2 Å². The Hall–Kier alpha value is -0.780. The second kappa shape index (κ2) is 8.40. The Balaban J connectivity index is 0.00000180. The van der Waals surface area contributed by atoms with Gasteiger partial charge in [-0.1, -0.05) is 30.3 Å². The number of hydrogen-bond donors (Lipinski definition) is 1. The van der Waals surface area contributed by atoms with Gasteiger partial charge in [-0.25, -0.2) is 0 Å². The number of nitrogens with one attached hydrogen (secondary N) is 1. The normalized spacial score (nSPS) is 14.7. The quantitative estimate of drug-likeness (QED) is 0.488. The van der Waals surface area contributed by atoms with Gasteiger partial charge in [0.1, 0.15) is 0 Å². The highest BCUT2D eigenvalue weighted by Crippen LogP contribution is 2.28.